The van der Waals surface area contributed by atoms with Crippen LogP contribution in [0.3, 0.4) is 0 Å². The first-order valence-electron chi connectivity index (χ1n) is 6.34. The maximum absolute atomic E-state index is 6.13. The zero-order valence-electron chi connectivity index (χ0n) is 9.67. The summed E-state index contributed by atoms with van der Waals surface area (Å²) in [7, 11) is 2.21. The SMILES string of the molecule is CN1CCC2(C1)OCCNC2CC1CC1. The summed E-state index contributed by atoms with van der Waals surface area (Å²) in [5, 5.41) is 3.69. The van der Waals surface area contributed by atoms with Gasteiger partial charge in [0, 0.05) is 25.7 Å². The molecule has 3 heteroatoms. The highest BCUT2D eigenvalue weighted by Crippen LogP contribution is 2.39. The summed E-state index contributed by atoms with van der Waals surface area (Å²) < 4.78 is 6.13. The first-order valence-corrected chi connectivity index (χ1v) is 6.34. The van der Waals surface area contributed by atoms with Crippen molar-refractivity contribution in [2.45, 2.75) is 37.3 Å². The van der Waals surface area contributed by atoms with Crippen LogP contribution in [-0.2, 0) is 4.74 Å². The number of hydrogen-bond acceptors (Lipinski definition) is 3. The number of hydrogen-bond donors (Lipinski definition) is 1. The normalized spacial score (nSPS) is 42.6. The van der Waals surface area contributed by atoms with Gasteiger partial charge in [-0.15, -0.1) is 0 Å². The molecule has 3 aliphatic rings. The summed E-state index contributed by atoms with van der Waals surface area (Å²) in [6.45, 7) is 4.26. The van der Waals surface area contributed by atoms with Crippen LogP contribution in [0.25, 0.3) is 0 Å². The molecule has 1 aliphatic carbocycles. The number of nitrogens with one attached hydrogen (secondary N) is 1. The molecule has 1 spiro atoms. The third-order valence-corrected chi connectivity index (χ3v) is 4.24. The fourth-order valence-electron chi connectivity index (χ4n) is 3.16. The maximum Gasteiger partial charge on any atom is 0.0973 e. The van der Waals surface area contributed by atoms with Crippen molar-refractivity contribution in [1.29, 1.82) is 0 Å². The van der Waals surface area contributed by atoms with Gasteiger partial charge in [-0.25, -0.2) is 0 Å². The molecule has 2 aliphatic heterocycles. The molecule has 0 radical (unpaired) electrons. The van der Waals surface area contributed by atoms with Crippen LogP contribution in [0, 0.1) is 5.92 Å². The van der Waals surface area contributed by atoms with E-state index < -0.39 is 0 Å². The van der Waals surface area contributed by atoms with Crippen molar-refractivity contribution < 1.29 is 4.74 Å². The average molecular weight is 210 g/mol. The summed E-state index contributed by atoms with van der Waals surface area (Å²) in [6.07, 6.45) is 5.45. The zero-order valence-corrected chi connectivity index (χ0v) is 9.67. The summed E-state index contributed by atoms with van der Waals surface area (Å²) >= 11 is 0. The van der Waals surface area contributed by atoms with Crippen LogP contribution < -0.4 is 5.32 Å². The molecule has 0 bridgehead atoms. The fraction of sp³-hybridized carbons (Fsp3) is 1.00. The van der Waals surface area contributed by atoms with Gasteiger partial charge in [0.2, 0.25) is 0 Å². The standard InChI is InChI=1S/C12H22N2O/c1-14-6-4-12(9-14)11(8-10-2-3-10)13-5-7-15-12/h10-11,13H,2-9H2,1H3. The lowest BCUT2D eigenvalue weighted by atomic mass is 9.87. The van der Waals surface area contributed by atoms with Crippen molar-refractivity contribution >= 4 is 0 Å². The second kappa shape index (κ2) is 3.72. The van der Waals surface area contributed by atoms with Gasteiger partial charge < -0.3 is 15.0 Å². The molecule has 2 atom stereocenters. The summed E-state index contributed by atoms with van der Waals surface area (Å²) in [5.74, 6) is 0.993. The lowest BCUT2D eigenvalue weighted by Crippen LogP contribution is -2.59. The first-order chi connectivity index (χ1) is 7.28. The number of rotatable bonds is 2. The Labute approximate surface area is 92.2 Å². The highest BCUT2D eigenvalue weighted by Gasteiger charge is 2.47. The van der Waals surface area contributed by atoms with Crippen LogP contribution in [0.1, 0.15) is 25.7 Å². The Bertz CT molecular complexity index is 238. The largest absolute Gasteiger partial charge is 0.371 e. The molecule has 1 saturated carbocycles. The molecule has 0 aromatic heterocycles. The zero-order chi connectivity index (χ0) is 10.3. The number of morpholine rings is 1. The van der Waals surface area contributed by atoms with Gasteiger partial charge in [-0.1, -0.05) is 12.8 Å². The number of likely N-dealkylation sites (N-methyl/N-ethyl adjacent to an activating group) is 1. The molecule has 0 aromatic rings. The molecule has 3 fully saturated rings. The van der Waals surface area contributed by atoms with Crippen LogP contribution in [0.2, 0.25) is 0 Å². The quantitative estimate of drug-likeness (QED) is 0.731. The highest BCUT2D eigenvalue weighted by atomic mass is 16.5. The highest BCUT2D eigenvalue weighted by molar-refractivity contribution is 5.03. The summed E-state index contributed by atoms with van der Waals surface area (Å²) in [6, 6.07) is 0.615. The predicted molar refractivity (Wildman–Crippen MR) is 59.9 cm³/mol. The van der Waals surface area contributed by atoms with Crippen molar-refractivity contribution in [2.24, 2.45) is 5.92 Å². The molecule has 1 N–H and O–H groups in total. The minimum absolute atomic E-state index is 0.148. The summed E-state index contributed by atoms with van der Waals surface area (Å²) in [5.41, 5.74) is 0.148. The second-order valence-corrected chi connectivity index (χ2v) is 5.59. The molecule has 15 heavy (non-hydrogen) atoms. The molecular weight excluding hydrogens is 188 g/mol. The Morgan fingerprint density at radius 3 is 3.00 bits per heavy atom. The Balaban J connectivity index is 1.71. The lowest BCUT2D eigenvalue weighted by molar-refractivity contribution is -0.0903. The molecule has 3 rings (SSSR count). The van der Waals surface area contributed by atoms with Gasteiger partial charge in [0.05, 0.1) is 12.2 Å². The van der Waals surface area contributed by atoms with Crippen LogP contribution in [-0.4, -0.2) is 49.8 Å². The van der Waals surface area contributed by atoms with E-state index in [-0.39, 0.29) is 5.60 Å². The van der Waals surface area contributed by atoms with Crippen LogP contribution in [0.5, 0.6) is 0 Å². The van der Waals surface area contributed by atoms with E-state index in [1.165, 1.54) is 32.2 Å². The fourth-order valence-corrected chi connectivity index (χ4v) is 3.16. The number of ether oxygens (including phenoxy) is 1. The molecule has 86 valence electrons. The minimum Gasteiger partial charge on any atom is -0.371 e. The Kier molecular flexibility index (Phi) is 2.49. The van der Waals surface area contributed by atoms with Crippen molar-refractivity contribution in [2.75, 3.05) is 33.3 Å². The van der Waals surface area contributed by atoms with Crippen molar-refractivity contribution in [3.05, 3.63) is 0 Å². The number of nitrogens with zero attached hydrogens (tertiary/aromatic N) is 1. The monoisotopic (exact) mass is 210 g/mol. The smallest absolute Gasteiger partial charge is 0.0973 e. The maximum atomic E-state index is 6.13. The van der Waals surface area contributed by atoms with E-state index in [1.54, 1.807) is 0 Å². The van der Waals surface area contributed by atoms with Gasteiger partial charge in [-0.2, -0.15) is 0 Å². The lowest BCUT2D eigenvalue weighted by Gasteiger charge is -2.42. The van der Waals surface area contributed by atoms with Gasteiger partial charge in [0.25, 0.3) is 0 Å². The van der Waals surface area contributed by atoms with E-state index in [1.807, 2.05) is 0 Å². The van der Waals surface area contributed by atoms with E-state index >= 15 is 0 Å². The molecule has 2 heterocycles. The van der Waals surface area contributed by atoms with E-state index in [0.29, 0.717) is 6.04 Å². The minimum atomic E-state index is 0.148. The molecule has 2 saturated heterocycles. The van der Waals surface area contributed by atoms with Gasteiger partial charge >= 0.3 is 0 Å². The first kappa shape index (κ1) is 10.1. The van der Waals surface area contributed by atoms with Gasteiger partial charge in [-0.05, 0) is 25.8 Å². The van der Waals surface area contributed by atoms with E-state index in [9.17, 15) is 0 Å². The van der Waals surface area contributed by atoms with Crippen LogP contribution >= 0.6 is 0 Å². The van der Waals surface area contributed by atoms with Gasteiger partial charge in [-0.3, -0.25) is 0 Å². The third-order valence-electron chi connectivity index (χ3n) is 4.24. The molecule has 0 amide bonds. The average Bonchev–Trinajstić information content (AvgIpc) is 2.96. The molecule has 3 nitrogen and oxygen atoms in total. The third kappa shape index (κ3) is 1.93. The van der Waals surface area contributed by atoms with Crippen LogP contribution in [0.15, 0.2) is 0 Å². The molecule has 2 unspecified atom stereocenters. The summed E-state index contributed by atoms with van der Waals surface area (Å²) in [4.78, 5) is 2.41. The van der Waals surface area contributed by atoms with Crippen LogP contribution in [0.4, 0.5) is 0 Å². The topological polar surface area (TPSA) is 24.5 Å². The number of likely N-dealkylation sites (tertiary alicyclic amines) is 1. The predicted octanol–water partition coefficient (Wildman–Crippen LogP) is 0.849. The van der Waals surface area contributed by atoms with Gasteiger partial charge in [0.1, 0.15) is 0 Å². The Morgan fingerprint density at radius 2 is 2.33 bits per heavy atom. The molecule has 0 aromatic carbocycles. The van der Waals surface area contributed by atoms with Crippen molar-refractivity contribution in [1.82, 2.24) is 10.2 Å². The Hall–Kier alpha value is -0.120. The van der Waals surface area contributed by atoms with E-state index in [0.717, 1.165) is 25.6 Å². The van der Waals surface area contributed by atoms with Crippen molar-refractivity contribution in [3.63, 3.8) is 0 Å². The second-order valence-electron chi connectivity index (χ2n) is 5.59. The Morgan fingerprint density at radius 1 is 1.47 bits per heavy atom. The van der Waals surface area contributed by atoms with Crippen molar-refractivity contribution in [3.8, 4) is 0 Å². The van der Waals surface area contributed by atoms with Gasteiger partial charge in [0.15, 0.2) is 0 Å². The van der Waals surface area contributed by atoms with E-state index in [4.69, 9.17) is 4.74 Å². The van der Waals surface area contributed by atoms with E-state index in [2.05, 4.69) is 17.3 Å². The molecular formula is C12H22N2O.